The number of hydrogen-bond donors (Lipinski definition) is 1. The number of ketones is 1. The molecule has 2 aliphatic heterocycles. The van der Waals surface area contributed by atoms with E-state index in [0.717, 1.165) is 23.3 Å². The van der Waals surface area contributed by atoms with E-state index < -0.39 is 17.7 Å². The van der Waals surface area contributed by atoms with Crippen LogP contribution in [0.2, 0.25) is 0 Å². The van der Waals surface area contributed by atoms with Gasteiger partial charge in [-0.1, -0.05) is 18.2 Å². The van der Waals surface area contributed by atoms with Crippen molar-refractivity contribution in [3.8, 4) is 11.5 Å². The van der Waals surface area contributed by atoms with Crippen LogP contribution in [0.1, 0.15) is 28.5 Å². The highest BCUT2D eigenvalue weighted by atomic mass is 16.5. The number of ether oxygens (including phenoxy) is 2. The fraction of sp³-hybridized carbons (Fsp3) is 0.200. The number of furan rings is 1. The fourth-order valence-corrected chi connectivity index (χ4v) is 4.29. The zero-order chi connectivity index (χ0) is 22.2. The normalized spacial score (nSPS) is 19.2. The summed E-state index contributed by atoms with van der Waals surface area (Å²) in [4.78, 5) is 27.6. The molecule has 3 aromatic rings. The van der Waals surface area contributed by atoms with E-state index in [-0.39, 0.29) is 17.9 Å². The van der Waals surface area contributed by atoms with Gasteiger partial charge in [0.15, 0.2) is 0 Å². The Bertz CT molecular complexity index is 1230. The van der Waals surface area contributed by atoms with Crippen molar-refractivity contribution in [2.45, 2.75) is 19.0 Å². The molecule has 162 valence electrons. The molecule has 2 aliphatic rings. The number of carbonyl (C=O) groups excluding carboxylic acids is 2. The molecule has 1 saturated heterocycles. The Kier molecular flexibility index (Phi) is 4.93. The number of aliphatic hydroxyl groups is 1. The number of para-hydroxylation sites is 1. The molecule has 7 nitrogen and oxygen atoms in total. The van der Waals surface area contributed by atoms with Gasteiger partial charge in [-0.3, -0.25) is 9.59 Å². The van der Waals surface area contributed by atoms with Crippen LogP contribution in [-0.4, -0.2) is 35.4 Å². The lowest BCUT2D eigenvalue weighted by molar-refractivity contribution is -0.140. The Labute approximate surface area is 184 Å². The molecule has 5 rings (SSSR count). The van der Waals surface area contributed by atoms with Crippen LogP contribution in [0.4, 0.5) is 0 Å². The van der Waals surface area contributed by atoms with Gasteiger partial charge in [0, 0.05) is 17.5 Å². The van der Waals surface area contributed by atoms with E-state index >= 15 is 0 Å². The summed E-state index contributed by atoms with van der Waals surface area (Å²) in [5.41, 5.74) is 2.15. The van der Waals surface area contributed by atoms with Crippen LogP contribution >= 0.6 is 0 Å². The summed E-state index contributed by atoms with van der Waals surface area (Å²) >= 11 is 0. The first kappa shape index (κ1) is 19.9. The average Bonchev–Trinajstić information content (AvgIpc) is 3.55. The topological polar surface area (TPSA) is 89.2 Å². The molecule has 1 unspecified atom stereocenters. The standard InChI is InChI=1S/C25H21NO6/c1-30-18-6-3-2-5-17(18)14-26-22(20-7-4-11-31-20)21(24(28)25(26)29)23(27)16-8-9-19-15(13-16)10-12-32-19/h2-9,11,13,22,27H,10,12,14H2,1H3/b23-21-. The lowest BCUT2D eigenvalue weighted by Gasteiger charge is -2.24. The fourth-order valence-electron chi connectivity index (χ4n) is 4.29. The summed E-state index contributed by atoms with van der Waals surface area (Å²) in [6.45, 7) is 0.698. The number of amides is 1. The number of nitrogens with zero attached hydrogens (tertiary/aromatic N) is 1. The van der Waals surface area contributed by atoms with Gasteiger partial charge < -0.3 is 23.9 Å². The number of benzene rings is 2. The predicted octanol–water partition coefficient (Wildman–Crippen LogP) is 3.85. The van der Waals surface area contributed by atoms with Crippen molar-refractivity contribution >= 4 is 17.4 Å². The van der Waals surface area contributed by atoms with Crippen LogP contribution < -0.4 is 9.47 Å². The SMILES string of the molecule is COc1ccccc1CN1C(=O)C(=O)/C(=C(\O)c2ccc3c(c2)CCO3)C1c1ccco1. The van der Waals surface area contributed by atoms with Crippen molar-refractivity contribution in [3.05, 3.63) is 88.9 Å². The molecule has 3 heterocycles. The van der Waals surface area contributed by atoms with Gasteiger partial charge in [0.25, 0.3) is 11.7 Å². The highest BCUT2D eigenvalue weighted by molar-refractivity contribution is 6.46. The van der Waals surface area contributed by atoms with Gasteiger partial charge in [-0.15, -0.1) is 0 Å². The molecule has 32 heavy (non-hydrogen) atoms. The quantitative estimate of drug-likeness (QED) is 0.375. The molecular formula is C25H21NO6. The van der Waals surface area contributed by atoms with E-state index in [1.54, 1.807) is 43.5 Å². The highest BCUT2D eigenvalue weighted by Gasteiger charge is 2.47. The van der Waals surface area contributed by atoms with E-state index in [2.05, 4.69) is 0 Å². The summed E-state index contributed by atoms with van der Waals surface area (Å²) in [7, 11) is 1.55. The zero-order valence-electron chi connectivity index (χ0n) is 17.4. The second kappa shape index (κ2) is 7.92. The number of likely N-dealkylation sites (tertiary alicyclic amines) is 1. The van der Waals surface area contributed by atoms with Crippen LogP contribution in [0, 0.1) is 0 Å². The first-order valence-electron chi connectivity index (χ1n) is 10.3. The maximum absolute atomic E-state index is 13.1. The van der Waals surface area contributed by atoms with Gasteiger partial charge in [-0.05, 0) is 42.0 Å². The van der Waals surface area contributed by atoms with Crippen molar-refractivity contribution in [1.29, 1.82) is 0 Å². The monoisotopic (exact) mass is 431 g/mol. The Morgan fingerprint density at radius 2 is 2.00 bits per heavy atom. The Hall–Kier alpha value is -4.00. The van der Waals surface area contributed by atoms with Gasteiger partial charge >= 0.3 is 0 Å². The van der Waals surface area contributed by atoms with E-state index in [9.17, 15) is 14.7 Å². The molecule has 0 bridgehead atoms. The lowest BCUT2D eigenvalue weighted by Crippen LogP contribution is -2.29. The van der Waals surface area contributed by atoms with Crippen molar-refractivity contribution < 1.29 is 28.6 Å². The number of carbonyl (C=O) groups is 2. The molecule has 1 amide bonds. The minimum atomic E-state index is -0.862. The third kappa shape index (κ3) is 3.22. The molecule has 0 saturated carbocycles. The van der Waals surface area contributed by atoms with Crippen LogP contribution in [0.25, 0.3) is 5.76 Å². The molecule has 1 fully saturated rings. The number of methoxy groups -OCH3 is 1. The van der Waals surface area contributed by atoms with Crippen molar-refractivity contribution in [2.75, 3.05) is 13.7 Å². The first-order valence-corrected chi connectivity index (χ1v) is 10.3. The van der Waals surface area contributed by atoms with Gasteiger partial charge in [-0.25, -0.2) is 0 Å². The number of rotatable bonds is 5. The summed E-state index contributed by atoms with van der Waals surface area (Å²) in [5.74, 6) is 0.0676. The maximum Gasteiger partial charge on any atom is 0.296 e. The minimum Gasteiger partial charge on any atom is -0.507 e. The van der Waals surface area contributed by atoms with Crippen molar-refractivity contribution in [2.24, 2.45) is 0 Å². The van der Waals surface area contributed by atoms with Crippen LogP contribution in [0.5, 0.6) is 11.5 Å². The summed E-state index contributed by atoms with van der Waals surface area (Å²) in [6.07, 6.45) is 2.20. The first-order chi connectivity index (χ1) is 15.6. The van der Waals surface area contributed by atoms with E-state index in [1.807, 2.05) is 18.2 Å². The number of fused-ring (bicyclic) bond motifs is 1. The molecule has 7 heteroatoms. The van der Waals surface area contributed by atoms with Gasteiger partial charge in [0.2, 0.25) is 0 Å². The van der Waals surface area contributed by atoms with Crippen molar-refractivity contribution in [3.63, 3.8) is 0 Å². The second-order valence-corrected chi connectivity index (χ2v) is 7.68. The maximum atomic E-state index is 13.1. The van der Waals surface area contributed by atoms with Crippen molar-refractivity contribution in [1.82, 2.24) is 4.90 Å². The smallest absolute Gasteiger partial charge is 0.296 e. The Morgan fingerprint density at radius 3 is 2.78 bits per heavy atom. The van der Waals surface area contributed by atoms with Gasteiger partial charge in [-0.2, -0.15) is 0 Å². The summed E-state index contributed by atoms with van der Waals surface area (Å²) in [5, 5.41) is 11.2. The molecule has 1 aromatic heterocycles. The molecule has 1 atom stereocenters. The molecule has 0 aliphatic carbocycles. The second-order valence-electron chi connectivity index (χ2n) is 7.68. The highest BCUT2D eigenvalue weighted by Crippen LogP contribution is 2.41. The molecular weight excluding hydrogens is 410 g/mol. The Balaban J connectivity index is 1.61. The average molecular weight is 431 g/mol. The van der Waals surface area contributed by atoms with Crippen LogP contribution in [0.3, 0.4) is 0 Å². The van der Waals surface area contributed by atoms with E-state index in [4.69, 9.17) is 13.9 Å². The molecule has 0 radical (unpaired) electrons. The van der Waals surface area contributed by atoms with Gasteiger partial charge in [0.05, 0.1) is 32.1 Å². The zero-order valence-corrected chi connectivity index (χ0v) is 17.4. The van der Waals surface area contributed by atoms with Crippen LogP contribution in [0.15, 0.2) is 70.9 Å². The minimum absolute atomic E-state index is 0.00119. The molecule has 2 aromatic carbocycles. The van der Waals surface area contributed by atoms with Gasteiger partial charge in [0.1, 0.15) is 29.1 Å². The number of Topliss-reactive ketones (excluding diaryl/α,β-unsaturated/α-hetero) is 1. The lowest BCUT2D eigenvalue weighted by atomic mass is 9.98. The largest absolute Gasteiger partial charge is 0.507 e. The van der Waals surface area contributed by atoms with E-state index in [1.165, 1.54) is 11.2 Å². The Morgan fingerprint density at radius 1 is 1.16 bits per heavy atom. The molecule has 1 N–H and O–H groups in total. The summed E-state index contributed by atoms with van der Waals surface area (Å²) < 4.78 is 16.5. The summed E-state index contributed by atoms with van der Waals surface area (Å²) in [6, 6.07) is 15.1. The third-order valence-electron chi connectivity index (χ3n) is 5.85. The van der Waals surface area contributed by atoms with E-state index in [0.29, 0.717) is 23.7 Å². The van der Waals surface area contributed by atoms with Crippen LogP contribution in [-0.2, 0) is 22.6 Å². The molecule has 0 spiro atoms. The third-order valence-corrected chi connectivity index (χ3v) is 5.85. The number of hydrogen-bond acceptors (Lipinski definition) is 6. The number of aliphatic hydroxyl groups excluding tert-OH is 1. The predicted molar refractivity (Wildman–Crippen MR) is 115 cm³/mol.